The summed E-state index contributed by atoms with van der Waals surface area (Å²) in [6.45, 7) is 9.83. The topological polar surface area (TPSA) is 67.4 Å². The summed E-state index contributed by atoms with van der Waals surface area (Å²) in [6.07, 6.45) is 0.767. The van der Waals surface area contributed by atoms with Crippen molar-refractivity contribution in [1.82, 2.24) is 4.72 Å². The van der Waals surface area contributed by atoms with Crippen LogP contribution in [0.2, 0.25) is 0 Å². The Kier molecular flexibility index (Phi) is 7.42. The molecule has 1 aromatic rings. The lowest BCUT2D eigenvalue weighted by atomic mass is 10.3. The van der Waals surface area contributed by atoms with Gasteiger partial charge < -0.3 is 10.1 Å². The van der Waals surface area contributed by atoms with Crippen LogP contribution in [0.1, 0.15) is 20.3 Å². The summed E-state index contributed by atoms with van der Waals surface area (Å²) in [5.41, 5.74) is 1.85. The van der Waals surface area contributed by atoms with Gasteiger partial charge in [0.25, 0.3) is 0 Å². The molecule has 0 saturated carbocycles. The molecule has 5 nitrogen and oxygen atoms in total. The molecule has 0 fully saturated rings. The quantitative estimate of drug-likeness (QED) is 0.514. The van der Waals surface area contributed by atoms with Gasteiger partial charge in [-0.1, -0.05) is 19.1 Å². The second-order valence-electron chi connectivity index (χ2n) is 4.86. The van der Waals surface area contributed by atoms with Crippen LogP contribution < -0.4 is 10.0 Å². The Morgan fingerprint density at radius 1 is 1.24 bits per heavy atom. The number of rotatable bonds is 10. The number of ether oxygens (including phenoxy) is 1. The van der Waals surface area contributed by atoms with Crippen molar-refractivity contribution in [3.05, 3.63) is 36.4 Å². The molecule has 0 spiro atoms. The summed E-state index contributed by atoms with van der Waals surface area (Å²) in [5, 5.41) is 3.17. The van der Waals surface area contributed by atoms with E-state index in [2.05, 4.69) is 16.6 Å². The van der Waals surface area contributed by atoms with Crippen LogP contribution in [0.5, 0.6) is 0 Å². The van der Waals surface area contributed by atoms with Crippen LogP contribution in [0, 0.1) is 0 Å². The van der Waals surface area contributed by atoms with E-state index in [1.807, 2.05) is 13.8 Å². The summed E-state index contributed by atoms with van der Waals surface area (Å²) in [6, 6.07) is 6.68. The van der Waals surface area contributed by atoms with Gasteiger partial charge in [-0.2, -0.15) is 0 Å². The fourth-order valence-corrected chi connectivity index (χ4v) is 2.72. The minimum absolute atomic E-state index is 0.278. The Bertz CT molecular complexity index is 539. The lowest BCUT2D eigenvalue weighted by Crippen LogP contribution is -2.24. The molecular formula is C15H24N2O3S. The first-order valence-corrected chi connectivity index (χ1v) is 8.49. The van der Waals surface area contributed by atoms with Crippen LogP contribution in [0.3, 0.4) is 0 Å². The van der Waals surface area contributed by atoms with Gasteiger partial charge in [0.1, 0.15) is 0 Å². The molecule has 1 aromatic carbocycles. The Morgan fingerprint density at radius 3 is 2.48 bits per heavy atom. The van der Waals surface area contributed by atoms with Crippen molar-refractivity contribution in [2.24, 2.45) is 0 Å². The lowest BCUT2D eigenvalue weighted by molar-refractivity contribution is 0.167. The maximum absolute atomic E-state index is 11.9. The summed E-state index contributed by atoms with van der Waals surface area (Å²) in [4.78, 5) is 0.278. The molecule has 118 valence electrons. The third kappa shape index (κ3) is 6.75. The second-order valence-corrected chi connectivity index (χ2v) is 6.63. The molecule has 0 radical (unpaired) electrons. The highest BCUT2D eigenvalue weighted by Gasteiger charge is 2.12. The van der Waals surface area contributed by atoms with Gasteiger partial charge >= 0.3 is 0 Å². The molecule has 6 heteroatoms. The molecule has 0 aliphatic carbocycles. The SMILES string of the molecule is C=C(C)COCCNc1ccc(S(=O)(=O)NCCC)cc1. The second kappa shape index (κ2) is 8.81. The van der Waals surface area contributed by atoms with E-state index in [-0.39, 0.29) is 4.90 Å². The highest BCUT2D eigenvalue weighted by molar-refractivity contribution is 7.89. The van der Waals surface area contributed by atoms with E-state index in [1.165, 1.54) is 0 Å². The zero-order valence-corrected chi connectivity index (χ0v) is 13.5. The van der Waals surface area contributed by atoms with Gasteiger partial charge in [-0.05, 0) is 37.6 Å². The van der Waals surface area contributed by atoms with E-state index in [0.717, 1.165) is 17.7 Å². The van der Waals surface area contributed by atoms with E-state index in [0.29, 0.717) is 26.3 Å². The van der Waals surface area contributed by atoms with E-state index in [1.54, 1.807) is 24.3 Å². The van der Waals surface area contributed by atoms with Gasteiger partial charge in [0, 0.05) is 18.8 Å². The Balaban J connectivity index is 2.45. The molecule has 0 bridgehead atoms. The number of anilines is 1. The number of benzene rings is 1. The average Bonchev–Trinajstić information content (AvgIpc) is 2.45. The van der Waals surface area contributed by atoms with E-state index < -0.39 is 10.0 Å². The first kappa shape index (κ1) is 17.7. The van der Waals surface area contributed by atoms with Crippen LogP contribution in [-0.4, -0.2) is 34.7 Å². The van der Waals surface area contributed by atoms with Crippen molar-refractivity contribution in [3.63, 3.8) is 0 Å². The summed E-state index contributed by atoms with van der Waals surface area (Å²) < 4.78 is 31.7. The van der Waals surface area contributed by atoms with Crippen LogP contribution in [0.15, 0.2) is 41.3 Å². The third-order valence-corrected chi connectivity index (χ3v) is 4.11. The Labute approximate surface area is 127 Å². The van der Waals surface area contributed by atoms with Gasteiger partial charge in [0.15, 0.2) is 0 Å². The largest absolute Gasteiger partial charge is 0.383 e. The van der Waals surface area contributed by atoms with Crippen LogP contribution in [0.25, 0.3) is 0 Å². The highest BCUT2D eigenvalue weighted by atomic mass is 32.2. The van der Waals surface area contributed by atoms with Crippen molar-refractivity contribution in [2.45, 2.75) is 25.2 Å². The first-order chi connectivity index (χ1) is 9.95. The molecule has 2 N–H and O–H groups in total. The van der Waals surface area contributed by atoms with E-state index in [4.69, 9.17) is 4.74 Å². The standard InChI is InChI=1S/C15H24N2O3S/c1-4-9-17-21(18,19)15-7-5-14(6-8-15)16-10-11-20-12-13(2)3/h5-8,16-17H,2,4,9-12H2,1,3H3. The average molecular weight is 312 g/mol. The molecule has 0 atom stereocenters. The highest BCUT2D eigenvalue weighted by Crippen LogP contribution is 2.13. The van der Waals surface area contributed by atoms with Crippen LogP contribution in [0.4, 0.5) is 5.69 Å². The fourth-order valence-electron chi connectivity index (χ4n) is 1.59. The number of hydrogen-bond acceptors (Lipinski definition) is 4. The van der Waals surface area contributed by atoms with Gasteiger partial charge in [-0.3, -0.25) is 0 Å². The predicted octanol–water partition coefficient (Wildman–Crippen LogP) is 2.38. The summed E-state index contributed by atoms with van der Waals surface area (Å²) >= 11 is 0. The van der Waals surface area contributed by atoms with Gasteiger partial charge in [0.05, 0.1) is 18.1 Å². The van der Waals surface area contributed by atoms with E-state index in [9.17, 15) is 8.42 Å². The van der Waals surface area contributed by atoms with Crippen molar-refractivity contribution >= 4 is 15.7 Å². The van der Waals surface area contributed by atoms with Gasteiger partial charge in [-0.25, -0.2) is 13.1 Å². The molecule has 0 aliphatic rings. The minimum atomic E-state index is -3.39. The number of sulfonamides is 1. The maximum Gasteiger partial charge on any atom is 0.240 e. The van der Waals surface area contributed by atoms with Crippen LogP contribution >= 0.6 is 0 Å². The Hall–Kier alpha value is -1.37. The smallest absolute Gasteiger partial charge is 0.240 e. The van der Waals surface area contributed by atoms with Crippen molar-refractivity contribution in [3.8, 4) is 0 Å². The monoisotopic (exact) mass is 312 g/mol. The minimum Gasteiger partial charge on any atom is -0.383 e. The number of nitrogens with one attached hydrogen (secondary N) is 2. The molecule has 0 amide bonds. The molecule has 1 rings (SSSR count). The van der Waals surface area contributed by atoms with E-state index >= 15 is 0 Å². The van der Waals surface area contributed by atoms with Crippen molar-refractivity contribution in [1.29, 1.82) is 0 Å². The summed E-state index contributed by atoms with van der Waals surface area (Å²) in [5.74, 6) is 0. The van der Waals surface area contributed by atoms with Crippen LogP contribution in [-0.2, 0) is 14.8 Å². The number of hydrogen-bond donors (Lipinski definition) is 2. The zero-order chi connectivity index (χ0) is 15.7. The Morgan fingerprint density at radius 2 is 1.90 bits per heavy atom. The zero-order valence-electron chi connectivity index (χ0n) is 12.7. The predicted molar refractivity (Wildman–Crippen MR) is 86.0 cm³/mol. The fraction of sp³-hybridized carbons (Fsp3) is 0.467. The third-order valence-electron chi connectivity index (χ3n) is 2.63. The molecular weight excluding hydrogens is 288 g/mol. The summed E-state index contributed by atoms with van der Waals surface area (Å²) in [7, 11) is -3.39. The molecule has 0 aliphatic heterocycles. The maximum atomic E-state index is 11.9. The first-order valence-electron chi connectivity index (χ1n) is 7.01. The molecule has 0 heterocycles. The molecule has 0 unspecified atom stereocenters. The van der Waals surface area contributed by atoms with Gasteiger partial charge in [0.2, 0.25) is 10.0 Å². The molecule has 21 heavy (non-hydrogen) atoms. The normalized spacial score (nSPS) is 11.3. The van der Waals surface area contributed by atoms with Crippen molar-refractivity contribution in [2.75, 3.05) is 31.6 Å². The van der Waals surface area contributed by atoms with Gasteiger partial charge in [-0.15, -0.1) is 0 Å². The van der Waals surface area contributed by atoms with Crippen molar-refractivity contribution < 1.29 is 13.2 Å². The molecule has 0 aromatic heterocycles. The lowest BCUT2D eigenvalue weighted by Gasteiger charge is -2.09. The molecule has 0 saturated heterocycles.